The molecular weight excluding hydrogens is 296 g/mol. The Labute approximate surface area is 136 Å². The van der Waals surface area contributed by atoms with E-state index in [-0.39, 0.29) is 5.78 Å². The average Bonchev–Trinajstić information content (AvgIpc) is 2.93. The lowest BCUT2D eigenvalue weighted by Gasteiger charge is -2.05. The SMILES string of the molecule is CC(C)Cc1ccc(C(=O)/C=C/c2cnn(CCCl)c2)cc1. The maximum absolute atomic E-state index is 12.1. The third-order valence-electron chi connectivity index (χ3n) is 3.28. The molecule has 0 aliphatic heterocycles. The molecule has 1 aromatic heterocycles. The Morgan fingerprint density at radius 2 is 2.05 bits per heavy atom. The molecule has 0 atom stereocenters. The van der Waals surface area contributed by atoms with E-state index in [0.29, 0.717) is 23.9 Å². The number of benzene rings is 1. The van der Waals surface area contributed by atoms with Crippen molar-refractivity contribution in [2.45, 2.75) is 26.8 Å². The summed E-state index contributed by atoms with van der Waals surface area (Å²) < 4.78 is 1.76. The topological polar surface area (TPSA) is 34.9 Å². The monoisotopic (exact) mass is 316 g/mol. The molecule has 0 bridgehead atoms. The number of ketones is 1. The number of nitrogens with zero attached hydrogens (tertiary/aromatic N) is 2. The van der Waals surface area contributed by atoms with Crippen molar-refractivity contribution < 1.29 is 4.79 Å². The summed E-state index contributed by atoms with van der Waals surface area (Å²) in [4.78, 5) is 12.1. The van der Waals surface area contributed by atoms with E-state index in [1.807, 2.05) is 30.5 Å². The van der Waals surface area contributed by atoms with Crippen molar-refractivity contribution in [2.24, 2.45) is 5.92 Å². The summed E-state index contributed by atoms with van der Waals surface area (Å²) >= 11 is 5.66. The summed E-state index contributed by atoms with van der Waals surface area (Å²) in [6.45, 7) is 5.04. The van der Waals surface area contributed by atoms with Gasteiger partial charge < -0.3 is 0 Å². The van der Waals surface area contributed by atoms with Crippen LogP contribution in [0.5, 0.6) is 0 Å². The summed E-state index contributed by atoms with van der Waals surface area (Å²) in [6.07, 6.45) is 7.99. The summed E-state index contributed by atoms with van der Waals surface area (Å²) in [5.74, 6) is 1.14. The third-order valence-corrected chi connectivity index (χ3v) is 3.45. The normalized spacial score (nSPS) is 11.5. The van der Waals surface area contributed by atoms with E-state index in [1.54, 1.807) is 23.0 Å². The van der Waals surface area contributed by atoms with Gasteiger partial charge in [0.15, 0.2) is 5.78 Å². The zero-order valence-electron chi connectivity index (χ0n) is 13.0. The number of hydrogen-bond donors (Lipinski definition) is 0. The Kier molecular flexibility index (Phi) is 5.96. The maximum Gasteiger partial charge on any atom is 0.185 e. The first-order valence-electron chi connectivity index (χ1n) is 7.48. The zero-order valence-corrected chi connectivity index (χ0v) is 13.8. The number of aromatic nitrogens is 2. The van der Waals surface area contributed by atoms with Gasteiger partial charge in [-0.15, -0.1) is 11.6 Å². The maximum atomic E-state index is 12.1. The minimum atomic E-state index is 0.00110. The summed E-state index contributed by atoms with van der Waals surface area (Å²) in [5.41, 5.74) is 2.87. The standard InChI is InChI=1S/C18H21ClN2O/c1-14(2)11-15-3-6-17(7-4-15)18(22)8-5-16-12-20-21(13-16)10-9-19/h3-8,12-14H,9-11H2,1-2H3/b8-5+. The van der Waals surface area contributed by atoms with Crippen LogP contribution in [0, 0.1) is 5.92 Å². The number of allylic oxidation sites excluding steroid dienone is 1. The van der Waals surface area contributed by atoms with Crippen LogP contribution in [0.3, 0.4) is 0 Å². The molecule has 4 heteroatoms. The van der Waals surface area contributed by atoms with E-state index in [4.69, 9.17) is 11.6 Å². The fraction of sp³-hybridized carbons (Fsp3) is 0.333. The van der Waals surface area contributed by atoms with E-state index in [2.05, 4.69) is 18.9 Å². The van der Waals surface area contributed by atoms with E-state index in [9.17, 15) is 4.79 Å². The Morgan fingerprint density at radius 3 is 2.68 bits per heavy atom. The highest BCUT2D eigenvalue weighted by Crippen LogP contribution is 2.11. The van der Waals surface area contributed by atoms with Crippen LogP contribution in [0.25, 0.3) is 6.08 Å². The van der Waals surface area contributed by atoms with E-state index in [1.165, 1.54) is 5.56 Å². The predicted octanol–water partition coefficient (Wildman–Crippen LogP) is 4.22. The lowest BCUT2D eigenvalue weighted by Crippen LogP contribution is -1.98. The number of carbonyl (C=O) groups is 1. The van der Waals surface area contributed by atoms with Gasteiger partial charge in [-0.1, -0.05) is 38.1 Å². The minimum absolute atomic E-state index is 0.00110. The predicted molar refractivity (Wildman–Crippen MR) is 91.3 cm³/mol. The summed E-state index contributed by atoms with van der Waals surface area (Å²) in [6, 6.07) is 7.84. The van der Waals surface area contributed by atoms with Gasteiger partial charge in [-0.3, -0.25) is 9.48 Å². The lowest BCUT2D eigenvalue weighted by molar-refractivity contribution is 0.104. The highest BCUT2D eigenvalue weighted by molar-refractivity contribution is 6.17. The number of rotatable bonds is 7. The fourth-order valence-electron chi connectivity index (χ4n) is 2.22. The molecule has 2 aromatic rings. The first-order valence-corrected chi connectivity index (χ1v) is 8.01. The Balaban J connectivity index is 2.00. The van der Waals surface area contributed by atoms with Gasteiger partial charge in [-0.2, -0.15) is 5.10 Å². The van der Waals surface area contributed by atoms with Crippen LogP contribution in [0.4, 0.5) is 0 Å². The molecule has 0 saturated carbocycles. The van der Waals surface area contributed by atoms with Crippen LogP contribution in [0.1, 0.15) is 35.3 Å². The van der Waals surface area contributed by atoms with E-state index >= 15 is 0 Å². The molecule has 1 heterocycles. The quantitative estimate of drug-likeness (QED) is 0.435. The molecule has 0 amide bonds. The lowest BCUT2D eigenvalue weighted by atomic mass is 10.0. The molecule has 22 heavy (non-hydrogen) atoms. The van der Waals surface area contributed by atoms with E-state index < -0.39 is 0 Å². The number of carbonyl (C=O) groups excluding carboxylic acids is 1. The number of aryl methyl sites for hydroxylation is 1. The van der Waals surface area contributed by atoms with Crippen LogP contribution in [-0.4, -0.2) is 21.4 Å². The second-order valence-corrected chi connectivity index (χ2v) is 6.10. The molecule has 0 unspecified atom stereocenters. The van der Waals surface area contributed by atoms with Gasteiger partial charge in [0.2, 0.25) is 0 Å². The molecule has 0 aliphatic rings. The van der Waals surface area contributed by atoms with Crippen molar-refractivity contribution in [3.05, 3.63) is 59.4 Å². The Bertz CT molecular complexity index is 641. The van der Waals surface area contributed by atoms with Gasteiger partial charge in [-0.25, -0.2) is 0 Å². The van der Waals surface area contributed by atoms with Gasteiger partial charge >= 0.3 is 0 Å². The average molecular weight is 317 g/mol. The third kappa shape index (κ3) is 4.85. The van der Waals surface area contributed by atoms with Gasteiger partial charge in [0.25, 0.3) is 0 Å². The highest BCUT2D eigenvalue weighted by atomic mass is 35.5. The molecular formula is C18H21ClN2O. The van der Waals surface area contributed by atoms with Crippen LogP contribution in [0.15, 0.2) is 42.7 Å². The molecule has 0 aliphatic carbocycles. The van der Waals surface area contributed by atoms with Gasteiger partial charge in [0, 0.05) is 23.2 Å². The molecule has 0 saturated heterocycles. The Hall–Kier alpha value is -1.87. The largest absolute Gasteiger partial charge is 0.289 e. The second-order valence-electron chi connectivity index (χ2n) is 5.72. The first kappa shape index (κ1) is 16.5. The summed E-state index contributed by atoms with van der Waals surface area (Å²) in [7, 11) is 0. The highest BCUT2D eigenvalue weighted by Gasteiger charge is 2.03. The van der Waals surface area contributed by atoms with Crippen molar-refractivity contribution in [1.82, 2.24) is 9.78 Å². The number of alkyl halides is 1. The molecule has 0 spiro atoms. The fourth-order valence-corrected chi connectivity index (χ4v) is 2.39. The van der Waals surface area contributed by atoms with Crippen LogP contribution in [0.2, 0.25) is 0 Å². The van der Waals surface area contributed by atoms with Gasteiger partial charge in [-0.05, 0) is 30.1 Å². The van der Waals surface area contributed by atoms with Gasteiger partial charge in [0.1, 0.15) is 0 Å². The van der Waals surface area contributed by atoms with Crippen molar-refractivity contribution >= 4 is 23.5 Å². The van der Waals surface area contributed by atoms with Crippen molar-refractivity contribution in [3.63, 3.8) is 0 Å². The minimum Gasteiger partial charge on any atom is -0.289 e. The van der Waals surface area contributed by atoms with Crippen LogP contribution in [-0.2, 0) is 13.0 Å². The first-order chi connectivity index (χ1) is 10.6. The van der Waals surface area contributed by atoms with Crippen LogP contribution < -0.4 is 0 Å². The van der Waals surface area contributed by atoms with Crippen LogP contribution >= 0.6 is 11.6 Å². The second kappa shape index (κ2) is 7.95. The number of hydrogen-bond acceptors (Lipinski definition) is 2. The number of halogens is 1. The molecule has 0 fully saturated rings. The smallest absolute Gasteiger partial charge is 0.185 e. The molecule has 0 N–H and O–H groups in total. The molecule has 2 rings (SSSR count). The van der Waals surface area contributed by atoms with Gasteiger partial charge in [0.05, 0.1) is 12.7 Å². The Morgan fingerprint density at radius 1 is 1.32 bits per heavy atom. The molecule has 1 aromatic carbocycles. The zero-order chi connectivity index (χ0) is 15.9. The van der Waals surface area contributed by atoms with E-state index in [0.717, 1.165) is 12.0 Å². The van der Waals surface area contributed by atoms with Crippen molar-refractivity contribution in [3.8, 4) is 0 Å². The van der Waals surface area contributed by atoms with Crippen molar-refractivity contribution in [1.29, 1.82) is 0 Å². The molecule has 116 valence electrons. The summed E-state index contributed by atoms with van der Waals surface area (Å²) in [5, 5.41) is 4.17. The molecule has 0 radical (unpaired) electrons. The molecule has 3 nitrogen and oxygen atoms in total. The van der Waals surface area contributed by atoms with Crippen molar-refractivity contribution in [2.75, 3.05) is 5.88 Å².